The summed E-state index contributed by atoms with van der Waals surface area (Å²) in [6.45, 7) is 3.66. The first kappa shape index (κ1) is 23.3. The summed E-state index contributed by atoms with van der Waals surface area (Å²) in [5, 5.41) is 2.79. The second-order valence-corrected chi connectivity index (χ2v) is 8.08. The number of aromatic amines is 1. The number of nitrogens with one attached hydrogen (secondary N) is 2. The molecule has 1 saturated heterocycles. The number of piperazine rings is 1. The zero-order valence-corrected chi connectivity index (χ0v) is 18.5. The molecule has 0 bridgehead atoms. The highest BCUT2D eigenvalue weighted by Crippen LogP contribution is 2.32. The van der Waals surface area contributed by atoms with Crippen LogP contribution in [0.2, 0.25) is 0 Å². The van der Waals surface area contributed by atoms with Gasteiger partial charge in [0.05, 0.1) is 11.6 Å². The fourth-order valence-electron chi connectivity index (χ4n) is 3.86. The number of aromatic nitrogens is 2. The van der Waals surface area contributed by atoms with E-state index in [2.05, 4.69) is 15.3 Å². The molecule has 1 aromatic heterocycles. The van der Waals surface area contributed by atoms with Gasteiger partial charge in [0, 0.05) is 38.1 Å². The van der Waals surface area contributed by atoms with Gasteiger partial charge in [0.2, 0.25) is 5.95 Å². The molecule has 1 atom stereocenters. The van der Waals surface area contributed by atoms with E-state index in [1.54, 1.807) is 6.07 Å². The number of carbonyl (C=O) groups is 1. The molecular formula is C24H24F3N5O2. The Labute approximate surface area is 194 Å². The molecule has 178 valence electrons. The van der Waals surface area contributed by atoms with Gasteiger partial charge in [-0.2, -0.15) is 13.2 Å². The number of rotatable bonds is 5. The van der Waals surface area contributed by atoms with E-state index in [0.29, 0.717) is 37.8 Å². The molecule has 0 saturated carbocycles. The molecule has 7 nitrogen and oxygen atoms in total. The van der Waals surface area contributed by atoms with Gasteiger partial charge >= 0.3 is 6.18 Å². The molecule has 2 heterocycles. The minimum Gasteiger partial charge on any atom is -0.368 e. The molecule has 2 aromatic carbocycles. The van der Waals surface area contributed by atoms with E-state index in [0.717, 1.165) is 17.7 Å². The number of benzene rings is 2. The highest BCUT2D eigenvalue weighted by Gasteiger charge is 2.31. The quantitative estimate of drug-likeness (QED) is 0.594. The van der Waals surface area contributed by atoms with Crippen molar-refractivity contribution in [3.8, 4) is 0 Å². The number of amides is 1. The van der Waals surface area contributed by atoms with Crippen molar-refractivity contribution in [3.05, 3.63) is 87.8 Å². The summed E-state index contributed by atoms with van der Waals surface area (Å²) in [5.74, 6) is -0.202. The summed E-state index contributed by atoms with van der Waals surface area (Å²) in [4.78, 5) is 35.7. The van der Waals surface area contributed by atoms with E-state index < -0.39 is 23.2 Å². The minimum absolute atomic E-state index is 0.0888. The highest BCUT2D eigenvalue weighted by molar-refractivity contribution is 5.93. The van der Waals surface area contributed by atoms with E-state index in [1.165, 1.54) is 12.3 Å². The summed E-state index contributed by atoms with van der Waals surface area (Å²) < 4.78 is 39.0. The molecule has 0 radical (unpaired) electrons. The van der Waals surface area contributed by atoms with Crippen LogP contribution in [-0.2, 0) is 6.18 Å². The molecule has 0 aliphatic carbocycles. The number of anilines is 2. The summed E-state index contributed by atoms with van der Waals surface area (Å²) in [5.41, 5.74) is 0.0806. The van der Waals surface area contributed by atoms with Crippen LogP contribution in [0.15, 0.2) is 65.6 Å². The molecule has 0 spiro atoms. The second kappa shape index (κ2) is 9.58. The first-order valence-electron chi connectivity index (χ1n) is 10.8. The van der Waals surface area contributed by atoms with Crippen molar-refractivity contribution in [2.24, 2.45) is 0 Å². The van der Waals surface area contributed by atoms with E-state index in [4.69, 9.17) is 0 Å². The minimum atomic E-state index is -4.39. The molecule has 34 heavy (non-hydrogen) atoms. The molecule has 1 aliphatic rings. The number of hydrogen-bond acceptors (Lipinski definition) is 5. The third-order valence-electron chi connectivity index (χ3n) is 5.80. The second-order valence-electron chi connectivity index (χ2n) is 8.08. The average molecular weight is 471 g/mol. The Kier molecular flexibility index (Phi) is 6.58. The molecule has 1 aliphatic heterocycles. The van der Waals surface area contributed by atoms with Crippen molar-refractivity contribution >= 4 is 17.5 Å². The van der Waals surface area contributed by atoms with Crippen molar-refractivity contribution in [2.45, 2.75) is 19.1 Å². The maximum atomic E-state index is 13.0. The largest absolute Gasteiger partial charge is 0.416 e. The Morgan fingerprint density at radius 3 is 2.35 bits per heavy atom. The predicted octanol–water partition coefficient (Wildman–Crippen LogP) is 3.61. The summed E-state index contributed by atoms with van der Waals surface area (Å²) in [6, 6.07) is 14.3. The van der Waals surface area contributed by atoms with Gasteiger partial charge in [-0.15, -0.1) is 0 Å². The fraction of sp³-hybridized carbons (Fsp3) is 0.292. The lowest BCUT2D eigenvalue weighted by molar-refractivity contribution is -0.137. The maximum absolute atomic E-state index is 13.0. The van der Waals surface area contributed by atoms with Gasteiger partial charge < -0.3 is 15.1 Å². The molecular weight excluding hydrogens is 447 g/mol. The number of halogens is 3. The maximum Gasteiger partial charge on any atom is 0.416 e. The van der Waals surface area contributed by atoms with Crippen LogP contribution in [0.1, 0.15) is 34.5 Å². The number of H-pyrrole nitrogens is 1. The van der Waals surface area contributed by atoms with Crippen LogP contribution in [0.5, 0.6) is 0 Å². The summed E-state index contributed by atoms with van der Waals surface area (Å²) in [6.07, 6.45) is -3.14. The van der Waals surface area contributed by atoms with Gasteiger partial charge in [-0.05, 0) is 30.7 Å². The SMILES string of the molecule is C[C@@H](NC(=O)c1cnc(N2CCN(c3cccc(C(F)(F)F)c3)CC2)[nH]c1=O)c1ccccc1. The first-order chi connectivity index (χ1) is 16.2. The Balaban J connectivity index is 1.39. The zero-order chi connectivity index (χ0) is 24.3. The van der Waals surface area contributed by atoms with Crippen LogP contribution in [0.3, 0.4) is 0 Å². The van der Waals surface area contributed by atoms with Crippen LogP contribution in [0.4, 0.5) is 24.8 Å². The molecule has 4 rings (SSSR count). The van der Waals surface area contributed by atoms with Gasteiger partial charge in [0.15, 0.2) is 0 Å². The van der Waals surface area contributed by atoms with Crippen LogP contribution in [-0.4, -0.2) is 42.1 Å². The lowest BCUT2D eigenvalue weighted by atomic mass is 10.1. The van der Waals surface area contributed by atoms with Crippen molar-refractivity contribution < 1.29 is 18.0 Å². The zero-order valence-electron chi connectivity index (χ0n) is 18.5. The van der Waals surface area contributed by atoms with Crippen molar-refractivity contribution in [3.63, 3.8) is 0 Å². The van der Waals surface area contributed by atoms with E-state index >= 15 is 0 Å². The Hall–Kier alpha value is -3.82. The van der Waals surface area contributed by atoms with Crippen LogP contribution < -0.4 is 20.7 Å². The summed E-state index contributed by atoms with van der Waals surface area (Å²) in [7, 11) is 0. The molecule has 1 fully saturated rings. The van der Waals surface area contributed by atoms with Gasteiger partial charge in [0.1, 0.15) is 5.56 Å². The Bertz CT molecular complexity index is 1200. The van der Waals surface area contributed by atoms with Gasteiger partial charge in [-0.1, -0.05) is 36.4 Å². The van der Waals surface area contributed by atoms with Crippen LogP contribution in [0.25, 0.3) is 0 Å². The molecule has 10 heteroatoms. The van der Waals surface area contributed by atoms with Gasteiger partial charge in [-0.3, -0.25) is 14.6 Å². The number of carbonyl (C=O) groups excluding carboxylic acids is 1. The Morgan fingerprint density at radius 2 is 1.71 bits per heavy atom. The van der Waals surface area contributed by atoms with E-state index in [9.17, 15) is 22.8 Å². The smallest absolute Gasteiger partial charge is 0.368 e. The summed E-state index contributed by atoms with van der Waals surface area (Å²) >= 11 is 0. The van der Waals surface area contributed by atoms with Crippen molar-refractivity contribution in [2.75, 3.05) is 36.0 Å². The van der Waals surface area contributed by atoms with E-state index in [1.807, 2.05) is 47.1 Å². The standard InChI is InChI=1S/C24H24F3N5O2/c1-16(17-6-3-2-4-7-17)29-21(33)20-15-28-23(30-22(20)34)32-12-10-31(11-13-32)19-9-5-8-18(14-19)24(25,26)27/h2-9,14-16H,10-13H2,1H3,(H,29,33)(H,28,30,34)/t16-/m1/s1. The van der Waals surface area contributed by atoms with Gasteiger partial charge in [0.25, 0.3) is 11.5 Å². The normalized spacial score (nSPS) is 15.2. The predicted molar refractivity (Wildman–Crippen MR) is 123 cm³/mol. The lowest BCUT2D eigenvalue weighted by Gasteiger charge is -2.36. The highest BCUT2D eigenvalue weighted by atomic mass is 19.4. The van der Waals surface area contributed by atoms with Crippen molar-refractivity contribution in [1.82, 2.24) is 15.3 Å². The lowest BCUT2D eigenvalue weighted by Crippen LogP contribution is -2.47. The third-order valence-corrected chi connectivity index (χ3v) is 5.80. The first-order valence-corrected chi connectivity index (χ1v) is 10.8. The van der Waals surface area contributed by atoms with Crippen molar-refractivity contribution in [1.29, 1.82) is 0 Å². The number of alkyl halides is 3. The van der Waals surface area contributed by atoms with E-state index in [-0.39, 0.29) is 11.6 Å². The van der Waals surface area contributed by atoms with Gasteiger partial charge in [-0.25, -0.2) is 4.98 Å². The molecule has 1 amide bonds. The monoisotopic (exact) mass is 471 g/mol. The fourth-order valence-corrected chi connectivity index (χ4v) is 3.86. The average Bonchev–Trinajstić information content (AvgIpc) is 2.84. The van der Waals surface area contributed by atoms with Crippen LogP contribution >= 0.6 is 0 Å². The van der Waals surface area contributed by atoms with Crippen LogP contribution in [0, 0.1) is 0 Å². The number of nitrogens with zero attached hydrogens (tertiary/aromatic N) is 3. The molecule has 3 aromatic rings. The molecule has 0 unspecified atom stereocenters. The third kappa shape index (κ3) is 5.22. The number of hydrogen-bond donors (Lipinski definition) is 2. The molecule has 2 N–H and O–H groups in total. The Morgan fingerprint density at radius 1 is 1.03 bits per heavy atom. The topological polar surface area (TPSA) is 81.3 Å².